The molecule has 0 unspecified atom stereocenters. The number of benzene rings is 2. The lowest BCUT2D eigenvalue weighted by molar-refractivity contribution is -0.274. The predicted molar refractivity (Wildman–Crippen MR) is 84.6 cm³/mol. The van der Waals surface area contributed by atoms with Crippen molar-refractivity contribution in [1.82, 2.24) is 0 Å². The van der Waals surface area contributed by atoms with E-state index in [-0.39, 0.29) is 24.5 Å². The SMILES string of the molecule is CCOC(=O)c1ccc(C(=O)OCc2ccc(OC(F)(F)F)cc2)cc1. The highest BCUT2D eigenvalue weighted by Gasteiger charge is 2.30. The van der Waals surface area contributed by atoms with E-state index in [1.165, 1.54) is 36.4 Å². The van der Waals surface area contributed by atoms with E-state index in [0.717, 1.165) is 12.1 Å². The average molecular weight is 368 g/mol. The predicted octanol–water partition coefficient (Wildman–Crippen LogP) is 4.12. The van der Waals surface area contributed by atoms with Gasteiger partial charge < -0.3 is 14.2 Å². The van der Waals surface area contributed by atoms with Crippen LogP contribution >= 0.6 is 0 Å². The first-order chi connectivity index (χ1) is 12.3. The van der Waals surface area contributed by atoms with Crippen LogP contribution in [0, 0.1) is 0 Å². The van der Waals surface area contributed by atoms with Gasteiger partial charge in [0.25, 0.3) is 0 Å². The quantitative estimate of drug-likeness (QED) is 0.718. The Morgan fingerprint density at radius 2 is 1.35 bits per heavy atom. The molecule has 2 rings (SSSR count). The van der Waals surface area contributed by atoms with Gasteiger partial charge in [0.2, 0.25) is 0 Å². The number of ether oxygens (including phenoxy) is 3. The number of alkyl halides is 3. The number of halogens is 3. The molecule has 8 heteroatoms. The van der Waals surface area contributed by atoms with Crippen molar-refractivity contribution >= 4 is 11.9 Å². The van der Waals surface area contributed by atoms with Gasteiger partial charge in [-0.25, -0.2) is 9.59 Å². The van der Waals surface area contributed by atoms with Crippen molar-refractivity contribution in [3.05, 3.63) is 65.2 Å². The number of carbonyl (C=O) groups excluding carboxylic acids is 2. The summed E-state index contributed by atoms with van der Waals surface area (Å²) in [5, 5.41) is 0. The molecule has 26 heavy (non-hydrogen) atoms. The topological polar surface area (TPSA) is 61.8 Å². The Morgan fingerprint density at radius 3 is 1.81 bits per heavy atom. The van der Waals surface area contributed by atoms with Crippen molar-refractivity contribution in [1.29, 1.82) is 0 Å². The molecule has 2 aromatic rings. The van der Waals surface area contributed by atoms with E-state index in [2.05, 4.69) is 4.74 Å². The number of carbonyl (C=O) groups is 2. The third kappa shape index (κ3) is 5.80. The van der Waals surface area contributed by atoms with Crippen LogP contribution in [-0.4, -0.2) is 24.9 Å². The Kier molecular flexibility index (Phi) is 6.21. The first kappa shape index (κ1) is 19.3. The molecule has 0 amide bonds. The van der Waals surface area contributed by atoms with E-state index >= 15 is 0 Å². The third-order valence-electron chi connectivity index (χ3n) is 3.16. The number of hydrogen-bond donors (Lipinski definition) is 0. The van der Waals surface area contributed by atoms with Crippen molar-refractivity contribution in [2.45, 2.75) is 19.9 Å². The van der Waals surface area contributed by atoms with Gasteiger partial charge in [-0.2, -0.15) is 0 Å². The summed E-state index contributed by atoms with van der Waals surface area (Å²) in [5.74, 6) is -1.48. The van der Waals surface area contributed by atoms with E-state index < -0.39 is 18.3 Å². The lowest BCUT2D eigenvalue weighted by Gasteiger charge is -2.09. The molecule has 0 N–H and O–H groups in total. The molecule has 5 nitrogen and oxygen atoms in total. The summed E-state index contributed by atoms with van der Waals surface area (Å²) < 4.78 is 49.9. The molecule has 0 saturated carbocycles. The minimum atomic E-state index is -4.76. The molecule has 2 aromatic carbocycles. The Labute approximate surface area is 147 Å². The first-order valence-corrected chi connectivity index (χ1v) is 7.57. The molecule has 0 bridgehead atoms. The van der Waals surface area contributed by atoms with Gasteiger partial charge in [-0.05, 0) is 48.9 Å². The zero-order valence-electron chi connectivity index (χ0n) is 13.7. The van der Waals surface area contributed by atoms with Crippen LogP contribution in [0.2, 0.25) is 0 Å². The van der Waals surface area contributed by atoms with Crippen LogP contribution in [0.1, 0.15) is 33.2 Å². The summed E-state index contributed by atoms with van der Waals surface area (Å²) in [6.45, 7) is 1.81. The standard InChI is InChI=1S/C18H15F3O5/c1-2-24-16(22)13-5-7-14(8-6-13)17(23)25-11-12-3-9-15(10-4-12)26-18(19,20)21/h3-10H,2,11H2,1H3. The van der Waals surface area contributed by atoms with Crippen LogP contribution in [-0.2, 0) is 16.1 Å². The maximum absolute atomic E-state index is 12.1. The minimum absolute atomic E-state index is 0.120. The van der Waals surface area contributed by atoms with Crippen molar-refractivity contribution in [2.75, 3.05) is 6.61 Å². The van der Waals surface area contributed by atoms with E-state index in [1.54, 1.807) is 6.92 Å². The fraction of sp³-hybridized carbons (Fsp3) is 0.222. The Hall–Kier alpha value is -3.03. The lowest BCUT2D eigenvalue weighted by Crippen LogP contribution is -2.17. The lowest BCUT2D eigenvalue weighted by atomic mass is 10.1. The highest BCUT2D eigenvalue weighted by Crippen LogP contribution is 2.23. The highest BCUT2D eigenvalue weighted by molar-refractivity contribution is 5.93. The van der Waals surface area contributed by atoms with Crippen LogP contribution in [0.25, 0.3) is 0 Å². The highest BCUT2D eigenvalue weighted by atomic mass is 19.4. The van der Waals surface area contributed by atoms with Gasteiger partial charge in [-0.3, -0.25) is 0 Å². The number of rotatable bonds is 6. The van der Waals surface area contributed by atoms with Crippen LogP contribution < -0.4 is 4.74 Å². The van der Waals surface area contributed by atoms with Crippen molar-refractivity contribution in [3.8, 4) is 5.75 Å². The first-order valence-electron chi connectivity index (χ1n) is 7.57. The number of hydrogen-bond acceptors (Lipinski definition) is 5. The molecule has 0 aliphatic heterocycles. The molecular weight excluding hydrogens is 353 g/mol. The van der Waals surface area contributed by atoms with Gasteiger partial charge in [0, 0.05) is 0 Å². The maximum atomic E-state index is 12.1. The summed E-state index contributed by atoms with van der Waals surface area (Å²) >= 11 is 0. The third-order valence-corrected chi connectivity index (χ3v) is 3.16. The number of esters is 2. The molecule has 0 aliphatic carbocycles. The second-order valence-corrected chi connectivity index (χ2v) is 5.07. The minimum Gasteiger partial charge on any atom is -0.462 e. The molecule has 0 aromatic heterocycles. The van der Waals surface area contributed by atoms with E-state index in [0.29, 0.717) is 11.1 Å². The summed E-state index contributed by atoms with van der Waals surface area (Å²) in [5.41, 5.74) is 1.04. The van der Waals surface area contributed by atoms with E-state index in [1.807, 2.05) is 0 Å². The molecule has 0 heterocycles. The van der Waals surface area contributed by atoms with Gasteiger partial charge >= 0.3 is 18.3 Å². The van der Waals surface area contributed by atoms with Crippen molar-refractivity contribution in [2.24, 2.45) is 0 Å². The molecule has 0 spiro atoms. The summed E-state index contributed by atoms with van der Waals surface area (Å²) in [6, 6.07) is 10.7. The van der Waals surface area contributed by atoms with Crippen LogP contribution in [0.4, 0.5) is 13.2 Å². The Morgan fingerprint density at radius 1 is 0.846 bits per heavy atom. The maximum Gasteiger partial charge on any atom is 0.573 e. The van der Waals surface area contributed by atoms with E-state index in [4.69, 9.17) is 9.47 Å². The van der Waals surface area contributed by atoms with Gasteiger partial charge in [0.15, 0.2) is 0 Å². The van der Waals surface area contributed by atoms with Gasteiger partial charge in [0.1, 0.15) is 12.4 Å². The zero-order chi connectivity index (χ0) is 19.2. The molecule has 0 aliphatic rings. The molecule has 138 valence electrons. The Bertz CT molecular complexity index is 752. The Balaban J connectivity index is 1.91. The van der Waals surface area contributed by atoms with E-state index in [9.17, 15) is 22.8 Å². The fourth-order valence-corrected chi connectivity index (χ4v) is 1.98. The largest absolute Gasteiger partial charge is 0.573 e. The molecule has 0 radical (unpaired) electrons. The van der Waals surface area contributed by atoms with Gasteiger partial charge in [0.05, 0.1) is 17.7 Å². The fourth-order valence-electron chi connectivity index (χ4n) is 1.98. The molecule has 0 fully saturated rings. The monoisotopic (exact) mass is 368 g/mol. The van der Waals surface area contributed by atoms with Gasteiger partial charge in [-0.1, -0.05) is 12.1 Å². The van der Waals surface area contributed by atoms with Crippen LogP contribution in [0.15, 0.2) is 48.5 Å². The second-order valence-electron chi connectivity index (χ2n) is 5.07. The molecule has 0 atom stereocenters. The summed E-state index contributed by atoms with van der Waals surface area (Å²) in [7, 11) is 0. The smallest absolute Gasteiger partial charge is 0.462 e. The van der Waals surface area contributed by atoms with Crippen LogP contribution in [0.3, 0.4) is 0 Å². The molecule has 0 saturated heterocycles. The van der Waals surface area contributed by atoms with Crippen molar-refractivity contribution < 1.29 is 37.0 Å². The van der Waals surface area contributed by atoms with Crippen molar-refractivity contribution in [3.63, 3.8) is 0 Å². The summed E-state index contributed by atoms with van der Waals surface area (Å²) in [6.07, 6.45) is -4.76. The second kappa shape index (κ2) is 8.37. The zero-order valence-corrected chi connectivity index (χ0v) is 13.7. The summed E-state index contributed by atoms with van der Waals surface area (Å²) in [4.78, 5) is 23.5. The van der Waals surface area contributed by atoms with Gasteiger partial charge in [-0.15, -0.1) is 13.2 Å². The molecular formula is C18H15F3O5. The van der Waals surface area contributed by atoms with Crippen LogP contribution in [0.5, 0.6) is 5.75 Å². The normalized spacial score (nSPS) is 10.9. The average Bonchev–Trinajstić information content (AvgIpc) is 2.60.